The maximum atomic E-state index is 12.1. The van der Waals surface area contributed by atoms with Crippen LogP contribution in [0.2, 0.25) is 0 Å². The van der Waals surface area contributed by atoms with Crippen LogP contribution in [0.25, 0.3) is 0 Å². The molecule has 25 heavy (non-hydrogen) atoms. The molecule has 0 saturated heterocycles. The van der Waals surface area contributed by atoms with Gasteiger partial charge < -0.3 is 10.6 Å². The highest BCUT2D eigenvalue weighted by Crippen LogP contribution is 2.24. The van der Waals surface area contributed by atoms with Crippen molar-refractivity contribution in [1.29, 1.82) is 0 Å². The van der Waals surface area contributed by atoms with Crippen LogP contribution in [0.4, 0.5) is 5.69 Å². The number of nitrogens with zero attached hydrogens (tertiary/aromatic N) is 1. The lowest BCUT2D eigenvalue weighted by molar-refractivity contribution is -0.116. The lowest BCUT2D eigenvalue weighted by Gasteiger charge is -2.31. The lowest BCUT2D eigenvalue weighted by Crippen LogP contribution is -2.33. The highest BCUT2D eigenvalue weighted by atomic mass is 35.5. The van der Waals surface area contributed by atoms with Crippen molar-refractivity contribution >= 4 is 36.4 Å². The van der Waals surface area contributed by atoms with E-state index >= 15 is 0 Å². The fourth-order valence-electron chi connectivity index (χ4n) is 3.34. The Morgan fingerprint density at radius 1 is 1.16 bits per heavy atom. The van der Waals surface area contributed by atoms with E-state index in [2.05, 4.69) is 34.7 Å². The molecule has 6 heteroatoms. The molecule has 1 aliphatic rings. The van der Waals surface area contributed by atoms with Gasteiger partial charge in [-0.1, -0.05) is 37.5 Å². The predicted octanol–water partition coefficient (Wildman–Crippen LogP) is 4.23. The van der Waals surface area contributed by atoms with Gasteiger partial charge in [-0.25, -0.2) is 0 Å². The van der Waals surface area contributed by atoms with Crippen LogP contribution in [-0.4, -0.2) is 37.5 Å². The molecule has 1 aromatic rings. The van der Waals surface area contributed by atoms with Crippen LogP contribution < -0.4 is 10.6 Å². The molecule has 1 saturated carbocycles. The zero-order chi connectivity index (χ0) is 16.5. The molecule has 0 aromatic heterocycles. The molecule has 0 bridgehead atoms. The number of amides is 1. The Morgan fingerprint density at radius 3 is 2.52 bits per heavy atom. The van der Waals surface area contributed by atoms with Gasteiger partial charge in [0.2, 0.25) is 5.91 Å². The second-order valence-electron chi connectivity index (χ2n) is 6.62. The zero-order valence-electron chi connectivity index (χ0n) is 15.4. The van der Waals surface area contributed by atoms with Crippen molar-refractivity contribution in [2.24, 2.45) is 0 Å². The summed E-state index contributed by atoms with van der Waals surface area (Å²) in [5.41, 5.74) is 2.17. The second-order valence-corrected chi connectivity index (χ2v) is 6.62. The van der Waals surface area contributed by atoms with Gasteiger partial charge in [0, 0.05) is 24.7 Å². The first-order valence-corrected chi connectivity index (χ1v) is 8.93. The number of carbonyl (C=O) groups is 1. The first kappa shape index (κ1) is 24.2. The average molecular weight is 390 g/mol. The summed E-state index contributed by atoms with van der Waals surface area (Å²) in [6.45, 7) is 1.77. The van der Waals surface area contributed by atoms with Gasteiger partial charge in [0.15, 0.2) is 0 Å². The smallest absolute Gasteiger partial charge is 0.224 e. The molecule has 1 fully saturated rings. The van der Waals surface area contributed by atoms with Crippen LogP contribution in [0.3, 0.4) is 0 Å². The summed E-state index contributed by atoms with van der Waals surface area (Å²) in [7, 11) is 4.12. The Morgan fingerprint density at radius 2 is 1.84 bits per heavy atom. The number of hydrogen-bond donors (Lipinski definition) is 2. The van der Waals surface area contributed by atoms with E-state index in [0.29, 0.717) is 12.5 Å². The molecule has 1 aliphatic carbocycles. The van der Waals surface area contributed by atoms with E-state index in [4.69, 9.17) is 0 Å². The van der Waals surface area contributed by atoms with Gasteiger partial charge in [-0.15, -0.1) is 24.8 Å². The van der Waals surface area contributed by atoms with Gasteiger partial charge in [-0.3, -0.25) is 9.69 Å². The topological polar surface area (TPSA) is 44.4 Å². The molecule has 1 amide bonds. The molecule has 4 nitrogen and oxygen atoms in total. The van der Waals surface area contributed by atoms with Gasteiger partial charge in [-0.05, 0) is 51.5 Å². The number of rotatable bonds is 8. The van der Waals surface area contributed by atoms with Crippen molar-refractivity contribution in [2.75, 3.05) is 26.0 Å². The molecule has 0 radical (unpaired) electrons. The van der Waals surface area contributed by atoms with Gasteiger partial charge in [0.05, 0.1) is 0 Å². The first-order valence-electron chi connectivity index (χ1n) is 8.93. The molecule has 0 atom stereocenters. The molecule has 1 aromatic carbocycles. The number of benzene rings is 1. The highest BCUT2D eigenvalue weighted by Gasteiger charge is 2.19. The van der Waals surface area contributed by atoms with Crippen molar-refractivity contribution < 1.29 is 4.79 Å². The van der Waals surface area contributed by atoms with E-state index in [0.717, 1.165) is 25.2 Å². The highest BCUT2D eigenvalue weighted by molar-refractivity contribution is 5.91. The fraction of sp³-hybridized carbons (Fsp3) is 0.632. The summed E-state index contributed by atoms with van der Waals surface area (Å²) in [6.07, 6.45) is 8.10. The van der Waals surface area contributed by atoms with E-state index in [-0.39, 0.29) is 30.7 Å². The third kappa shape index (κ3) is 8.41. The quantitative estimate of drug-likeness (QED) is 0.653. The number of nitrogens with one attached hydrogen (secondary N) is 2. The number of anilines is 1. The van der Waals surface area contributed by atoms with Gasteiger partial charge >= 0.3 is 0 Å². The monoisotopic (exact) mass is 389 g/mol. The maximum absolute atomic E-state index is 12.1. The molecule has 0 aliphatic heterocycles. The number of halogens is 2. The molecular formula is C19H33Cl2N3O. The molecular weight excluding hydrogens is 357 g/mol. The third-order valence-corrected chi connectivity index (χ3v) is 4.74. The maximum Gasteiger partial charge on any atom is 0.224 e. The van der Waals surface area contributed by atoms with Crippen LogP contribution in [0.5, 0.6) is 0 Å². The Hall–Kier alpha value is -0.810. The number of hydrogen-bond acceptors (Lipinski definition) is 3. The molecule has 2 rings (SSSR count). The van der Waals surface area contributed by atoms with E-state index in [9.17, 15) is 4.79 Å². The van der Waals surface area contributed by atoms with Crippen LogP contribution in [0.1, 0.15) is 50.5 Å². The average Bonchev–Trinajstić information content (AvgIpc) is 2.57. The Kier molecular flexibility index (Phi) is 13.0. The second kappa shape index (κ2) is 13.4. The predicted molar refractivity (Wildman–Crippen MR) is 111 cm³/mol. The Bertz CT molecular complexity index is 493. The molecule has 0 unspecified atom stereocenters. The summed E-state index contributed by atoms with van der Waals surface area (Å²) >= 11 is 0. The molecule has 0 heterocycles. The standard InChI is InChI=1S/C19H31N3O.2ClH/c1-20-14-8-13-19(23)21-18-12-7-6-9-16(18)15-22(2)17-10-4-3-5-11-17;;/h6-7,9,12,17,20H,3-5,8,10-11,13-15H2,1-2H3,(H,21,23);2*1H. The lowest BCUT2D eigenvalue weighted by atomic mass is 9.94. The van der Waals surface area contributed by atoms with Crippen LogP contribution in [-0.2, 0) is 11.3 Å². The van der Waals surface area contributed by atoms with Crippen LogP contribution in [0, 0.1) is 0 Å². The summed E-state index contributed by atoms with van der Waals surface area (Å²) < 4.78 is 0. The molecule has 144 valence electrons. The normalized spacial score (nSPS) is 14.5. The molecule has 2 N–H and O–H groups in total. The SMILES string of the molecule is CNCCCC(=O)Nc1ccccc1CN(C)C1CCCCC1.Cl.Cl. The summed E-state index contributed by atoms with van der Waals surface area (Å²) in [6, 6.07) is 8.87. The minimum atomic E-state index is 0. The van der Waals surface area contributed by atoms with Crippen molar-refractivity contribution in [3.05, 3.63) is 29.8 Å². The largest absolute Gasteiger partial charge is 0.326 e. The summed E-state index contributed by atoms with van der Waals surface area (Å²) in [5.74, 6) is 0.105. The van der Waals surface area contributed by atoms with Crippen molar-refractivity contribution in [3.8, 4) is 0 Å². The minimum absolute atomic E-state index is 0. The van der Waals surface area contributed by atoms with E-state index in [1.807, 2.05) is 19.2 Å². The van der Waals surface area contributed by atoms with Gasteiger partial charge in [0.1, 0.15) is 0 Å². The van der Waals surface area contributed by atoms with Gasteiger partial charge in [-0.2, -0.15) is 0 Å². The number of para-hydroxylation sites is 1. The first-order chi connectivity index (χ1) is 11.2. The van der Waals surface area contributed by atoms with Crippen molar-refractivity contribution in [2.45, 2.75) is 57.5 Å². The number of carbonyl (C=O) groups excluding carboxylic acids is 1. The fourth-order valence-corrected chi connectivity index (χ4v) is 3.34. The summed E-state index contributed by atoms with van der Waals surface area (Å²) in [5, 5.41) is 6.16. The van der Waals surface area contributed by atoms with Gasteiger partial charge in [0.25, 0.3) is 0 Å². The van der Waals surface area contributed by atoms with Crippen molar-refractivity contribution in [3.63, 3.8) is 0 Å². The summed E-state index contributed by atoms with van der Waals surface area (Å²) in [4.78, 5) is 14.5. The Balaban J connectivity index is 0.00000288. The zero-order valence-corrected chi connectivity index (χ0v) is 17.1. The van der Waals surface area contributed by atoms with E-state index in [1.54, 1.807) is 0 Å². The van der Waals surface area contributed by atoms with Crippen LogP contribution in [0.15, 0.2) is 24.3 Å². The van der Waals surface area contributed by atoms with E-state index < -0.39 is 0 Å². The van der Waals surface area contributed by atoms with E-state index in [1.165, 1.54) is 37.7 Å². The molecule has 0 spiro atoms. The third-order valence-electron chi connectivity index (χ3n) is 4.74. The van der Waals surface area contributed by atoms with Crippen LogP contribution >= 0.6 is 24.8 Å². The minimum Gasteiger partial charge on any atom is -0.326 e. The Labute approximate surface area is 164 Å². The van der Waals surface area contributed by atoms with Crippen molar-refractivity contribution in [1.82, 2.24) is 10.2 Å².